The predicted molar refractivity (Wildman–Crippen MR) is 159 cm³/mol. The van der Waals surface area contributed by atoms with Crippen molar-refractivity contribution in [2.24, 2.45) is 4.99 Å². The number of allylic oxidation sites excluding steroid dienone is 2. The summed E-state index contributed by atoms with van der Waals surface area (Å²) in [7, 11) is 2.09. The molecule has 0 unspecified atom stereocenters. The van der Waals surface area contributed by atoms with E-state index in [1.165, 1.54) is 18.8 Å². The van der Waals surface area contributed by atoms with Crippen molar-refractivity contribution >= 4 is 28.1 Å². The van der Waals surface area contributed by atoms with Gasteiger partial charge in [0.15, 0.2) is 0 Å². The molecule has 1 N–H and O–H groups in total. The largest absolute Gasteiger partial charge is 0.492 e. The molecule has 1 heterocycles. The fraction of sp³-hybridized carbons (Fsp3) is 0.433. The third-order valence-corrected chi connectivity index (χ3v) is 7.32. The highest BCUT2D eigenvalue weighted by atomic mass is 32.2. The van der Waals surface area contributed by atoms with Crippen molar-refractivity contribution in [3.8, 4) is 5.75 Å². The average Bonchev–Trinajstić information content (AvgIpc) is 2.87. The number of benzene rings is 1. The van der Waals surface area contributed by atoms with Gasteiger partial charge in [0.2, 0.25) is 0 Å². The van der Waals surface area contributed by atoms with Crippen LogP contribution in [-0.2, 0) is 4.74 Å². The van der Waals surface area contributed by atoms with E-state index in [0.717, 1.165) is 46.2 Å². The Kier molecular flexibility index (Phi) is 11.9. The molecule has 2 rings (SSSR count). The number of nitrogens with one attached hydrogen (secondary N) is 1. The zero-order chi connectivity index (χ0) is 27.6. The summed E-state index contributed by atoms with van der Waals surface area (Å²) in [5, 5.41) is 3.34. The number of likely N-dealkylation sites (N-methyl/N-ethyl adjacent to an activating group) is 1. The molecule has 0 spiro atoms. The third kappa shape index (κ3) is 9.99. The summed E-state index contributed by atoms with van der Waals surface area (Å²) in [4.78, 5) is 8.62. The standard InChI is InChI=1S/C30H42FN3O2S/c1-10-21(3)37-23(5)27-14-26(15-29(16-27)36-20-28-19-35-13-12-34(28)9)22(4)32-17-25(11-2)18-33-24(6)30(7,8)31/h10-11,14-16,18,28,32H,2,4-5,12-13,17,19-20H2,1,3,6-9H3/b21-10-,25-18+,33-24+/t28-/m1/s1. The average molecular weight is 528 g/mol. The van der Waals surface area contributed by atoms with Crippen LogP contribution in [0.3, 0.4) is 0 Å². The molecule has 0 saturated carbocycles. The first kappa shape index (κ1) is 30.6. The lowest BCUT2D eigenvalue weighted by Gasteiger charge is -2.32. The highest BCUT2D eigenvalue weighted by Gasteiger charge is 2.21. The van der Waals surface area contributed by atoms with Crippen molar-refractivity contribution in [3.05, 3.63) is 77.9 Å². The van der Waals surface area contributed by atoms with Gasteiger partial charge < -0.3 is 14.8 Å². The van der Waals surface area contributed by atoms with Crippen LogP contribution in [0, 0.1) is 0 Å². The summed E-state index contributed by atoms with van der Waals surface area (Å²) in [5.41, 5.74) is 2.35. The number of thioether (sulfide) groups is 1. The van der Waals surface area contributed by atoms with Crippen molar-refractivity contribution in [1.82, 2.24) is 10.2 Å². The Morgan fingerprint density at radius 2 is 2.00 bits per heavy atom. The van der Waals surface area contributed by atoms with Gasteiger partial charge in [-0.05, 0) is 75.9 Å². The number of morpholine rings is 1. The Hall–Kier alpha value is -2.61. The van der Waals surface area contributed by atoms with Crippen molar-refractivity contribution in [1.29, 1.82) is 0 Å². The van der Waals surface area contributed by atoms with Gasteiger partial charge in [-0.1, -0.05) is 43.7 Å². The van der Waals surface area contributed by atoms with Crippen LogP contribution in [0.2, 0.25) is 0 Å². The van der Waals surface area contributed by atoms with Crippen LogP contribution >= 0.6 is 11.8 Å². The van der Waals surface area contributed by atoms with Crippen LogP contribution in [0.1, 0.15) is 45.7 Å². The van der Waals surface area contributed by atoms with E-state index in [2.05, 4.69) is 61.1 Å². The van der Waals surface area contributed by atoms with Crippen LogP contribution in [-0.4, -0.2) is 62.3 Å². The Labute approximate surface area is 226 Å². The van der Waals surface area contributed by atoms with Gasteiger partial charge in [0.1, 0.15) is 18.0 Å². The van der Waals surface area contributed by atoms with Gasteiger partial charge in [0.25, 0.3) is 0 Å². The van der Waals surface area contributed by atoms with Crippen molar-refractivity contribution in [2.45, 2.75) is 46.3 Å². The number of nitrogens with zero attached hydrogens (tertiary/aromatic N) is 2. The Bertz CT molecular complexity index is 1070. The summed E-state index contributed by atoms with van der Waals surface area (Å²) in [6, 6.07) is 6.25. The fourth-order valence-corrected chi connectivity index (χ4v) is 3.99. The van der Waals surface area contributed by atoms with Gasteiger partial charge in [-0.3, -0.25) is 9.89 Å². The molecule has 1 aromatic rings. The first-order valence-corrected chi connectivity index (χ1v) is 13.3. The Morgan fingerprint density at radius 1 is 1.30 bits per heavy atom. The maximum atomic E-state index is 14.1. The van der Waals surface area contributed by atoms with Crippen LogP contribution in [0.15, 0.2) is 71.8 Å². The first-order valence-electron chi connectivity index (χ1n) is 12.5. The zero-order valence-corrected chi connectivity index (χ0v) is 24.0. The van der Waals surface area contributed by atoms with E-state index in [9.17, 15) is 4.39 Å². The lowest BCUT2D eigenvalue weighted by atomic mass is 10.1. The second-order valence-electron chi connectivity index (χ2n) is 9.62. The monoisotopic (exact) mass is 527 g/mol. The normalized spacial score (nSPS) is 17.9. The van der Waals surface area contributed by atoms with E-state index in [1.54, 1.807) is 31.0 Å². The number of ether oxygens (including phenoxy) is 2. The molecule has 202 valence electrons. The summed E-state index contributed by atoms with van der Waals surface area (Å²) in [6.45, 7) is 24.4. The third-order valence-electron chi connectivity index (χ3n) is 6.28. The van der Waals surface area contributed by atoms with E-state index in [1.807, 2.05) is 19.1 Å². The van der Waals surface area contributed by atoms with E-state index >= 15 is 0 Å². The molecule has 1 atom stereocenters. The minimum absolute atomic E-state index is 0.198. The molecule has 7 heteroatoms. The van der Waals surface area contributed by atoms with Crippen LogP contribution < -0.4 is 10.1 Å². The van der Waals surface area contributed by atoms with Crippen molar-refractivity contribution < 1.29 is 13.9 Å². The van der Waals surface area contributed by atoms with E-state index in [4.69, 9.17) is 9.47 Å². The molecule has 1 aromatic carbocycles. The maximum Gasteiger partial charge on any atom is 0.143 e. The number of hydrogen-bond donors (Lipinski definition) is 1. The van der Waals surface area contributed by atoms with E-state index < -0.39 is 5.67 Å². The lowest BCUT2D eigenvalue weighted by molar-refractivity contribution is -0.0108. The Balaban J connectivity index is 2.23. The molecular formula is C30H42FN3O2S. The molecule has 0 bridgehead atoms. The molecule has 1 aliphatic heterocycles. The highest BCUT2D eigenvalue weighted by molar-refractivity contribution is 8.11. The second kappa shape index (κ2) is 14.4. The molecule has 1 saturated heterocycles. The molecule has 1 fully saturated rings. The van der Waals surface area contributed by atoms with Crippen molar-refractivity contribution in [2.75, 3.05) is 40.0 Å². The number of halogens is 1. The minimum atomic E-state index is -1.47. The van der Waals surface area contributed by atoms with Gasteiger partial charge in [0, 0.05) is 35.5 Å². The number of rotatable bonds is 13. The molecule has 37 heavy (non-hydrogen) atoms. The molecule has 0 radical (unpaired) electrons. The number of aliphatic imine (C=N–C) groups is 1. The molecule has 0 aliphatic carbocycles. The minimum Gasteiger partial charge on any atom is -0.492 e. The van der Waals surface area contributed by atoms with Gasteiger partial charge in [-0.25, -0.2) is 4.39 Å². The number of alkyl halides is 1. The zero-order valence-electron chi connectivity index (χ0n) is 23.2. The molecule has 0 aromatic heterocycles. The van der Waals surface area contributed by atoms with Crippen LogP contribution in [0.25, 0.3) is 10.6 Å². The number of hydrogen-bond acceptors (Lipinski definition) is 6. The second-order valence-corrected chi connectivity index (χ2v) is 11.0. The van der Waals surface area contributed by atoms with Crippen LogP contribution in [0.4, 0.5) is 4.39 Å². The summed E-state index contributed by atoms with van der Waals surface area (Å²) < 4.78 is 25.9. The highest BCUT2D eigenvalue weighted by Crippen LogP contribution is 2.35. The summed E-state index contributed by atoms with van der Waals surface area (Å²) >= 11 is 1.63. The molecule has 0 amide bonds. The quantitative estimate of drug-likeness (QED) is 0.224. The maximum absolute atomic E-state index is 14.1. The molecule has 5 nitrogen and oxygen atoms in total. The van der Waals surface area contributed by atoms with E-state index in [0.29, 0.717) is 25.5 Å². The van der Waals surface area contributed by atoms with Crippen molar-refractivity contribution in [3.63, 3.8) is 0 Å². The van der Waals surface area contributed by atoms with Crippen LogP contribution in [0.5, 0.6) is 5.75 Å². The summed E-state index contributed by atoms with van der Waals surface area (Å²) in [5.74, 6) is 0.749. The van der Waals surface area contributed by atoms with Gasteiger partial charge in [0.05, 0.1) is 25.0 Å². The fourth-order valence-electron chi connectivity index (χ4n) is 3.25. The SMILES string of the molecule is C=C/C(=C\N=C(/C)C(C)(C)F)CNC(=C)c1cc(OC[C@H]2COCCN2C)cc(C(=C)S/C(C)=C\C)c1. The molecule has 1 aliphatic rings. The predicted octanol–water partition coefficient (Wildman–Crippen LogP) is 6.86. The van der Waals surface area contributed by atoms with E-state index in [-0.39, 0.29) is 6.04 Å². The lowest BCUT2D eigenvalue weighted by Crippen LogP contribution is -2.46. The van der Waals surface area contributed by atoms with Gasteiger partial charge in [-0.15, -0.1) is 0 Å². The van der Waals surface area contributed by atoms with Gasteiger partial charge in [-0.2, -0.15) is 0 Å². The Morgan fingerprint density at radius 3 is 2.62 bits per heavy atom. The summed E-state index contributed by atoms with van der Waals surface area (Å²) in [6.07, 6.45) is 5.40. The smallest absolute Gasteiger partial charge is 0.143 e. The van der Waals surface area contributed by atoms with Gasteiger partial charge >= 0.3 is 0 Å². The molecular weight excluding hydrogens is 485 g/mol. The first-order chi connectivity index (χ1) is 17.4. The topological polar surface area (TPSA) is 46.1 Å².